The van der Waals surface area contributed by atoms with Crippen molar-refractivity contribution in [2.24, 2.45) is 0 Å². The van der Waals surface area contributed by atoms with Crippen molar-refractivity contribution in [1.29, 1.82) is 0 Å². The maximum absolute atomic E-state index is 13.1. The van der Waals surface area contributed by atoms with Crippen LogP contribution in [0.3, 0.4) is 0 Å². The first-order valence-corrected chi connectivity index (χ1v) is 3.33. The second kappa shape index (κ2) is 2.97. The lowest BCUT2D eigenvalue weighted by Gasteiger charge is -2.24. The van der Waals surface area contributed by atoms with Crippen LogP contribution in [0.1, 0.15) is 0 Å². The summed E-state index contributed by atoms with van der Waals surface area (Å²) in [5.74, 6) is -5.83. The number of halogens is 5. The molecule has 0 radical (unpaired) electrons. The molecule has 5 heteroatoms. The van der Waals surface area contributed by atoms with Gasteiger partial charge in [0.15, 0.2) is 29.3 Å². The minimum absolute atomic E-state index is 0.0169. The van der Waals surface area contributed by atoms with Crippen molar-refractivity contribution in [2.75, 3.05) is 0 Å². The predicted molar refractivity (Wildman–Crippen MR) is 37.4 cm³/mol. The lowest BCUT2D eigenvalue weighted by molar-refractivity contribution is 0.133. The molecule has 0 amide bonds. The quantitative estimate of drug-likeness (QED) is 0.446. The Morgan fingerprint density at radius 2 is 1.92 bits per heavy atom. The third-order valence-corrected chi connectivity index (χ3v) is 1.69. The molecule has 2 unspecified atom stereocenters. The molecule has 0 aliphatic heterocycles. The third kappa shape index (κ3) is 1.38. The Hall–Kier alpha value is -1.13. The van der Waals surface area contributed by atoms with Crippen LogP contribution in [0.2, 0.25) is 0 Å². The Labute approximate surface area is 71.0 Å². The number of alkyl halides is 2. The summed E-state index contributed by atoms with van der Waals surface area (Å²) in [6.07, 6.45) is -2.48. The molecule has 0 fully saturated rings. The topological polar surface area (TPSA) is 0 Å². The van der Waals surface area contributed by atoms with Gasteiger partial charge < -0.3 is 0 Å². The molecule has 0 saturated heterocycles. The highest BCUT2D eigenvalue weighted by Crippen LogP contribution is 2.39. The molecule has 1 rings (SSSR count). The Morgan fingerprint density at radius 1 is 1.38 bits per heavy atom. The normalized spacial score (nSPS) is 34.5. The molecule has 13 heavy (non-hydrogen) atoms. The molecule has 2 atom stereocenters. The number of hydrogen-bond donors (Lipinski definition) is 0. The van der Waals surface area contributed by atoms with Crippen LogP contribution >= 0.6 is 0 Å². The zero-order chi connectivity index (χ0) is 10.2. The first-order valence-electron chi connectivity index (χ1n) is 3.33. The van der Waals surface area contributed by atoms with E-state index in [1.807, 2.05) is 0 Å². The first kappa shape index (κ1) is 9.95. The van der Waals surface area contributed by atoms with E-state index in [1.54, 1.807) is 0 Å². The molecule has 1 aliphatic carbocycles. The van der Waals surface area contributed by atoms with E-state index in [0.717, 1.165) is 0 Å². The molecule has 72 valence electrons. The average Bonchev–Trinajstić information content (AvgIpc) is 2.12. The molecule has 0 saturated carbocycles. The van der Waals surface area contributed by atoms with E-state index in [9.17, 15) is 22.0 Å². The van der Waals surface area contributed by atoms with Gasteiger partial charge in [-0.2, -0.15) is 0 Å². The van der Waals surface area contributed by atoms with E-state index in [0.29, 0.717) is 6.08 Å². The summed E-state index contributed by atoms with van der Waals surface area (Å²) in [5, 5.41) is 0. The van der Waals surface area contributed by atoms with Crippen molar-refractivity contribution < 1.29 is 22.0 Å². The van der Waals surface area contributed by atoms with Gasteiger partial charge in [0.25, 0.3) is 0 Å². The van der Waals surface area contributed by atoms with Crippen molar-refractivity contribution in [1.82, 2.24) is 0 Å². The lowest BCUT2D eigenvalue weighted by atomic mass is 9.93. The lowest BCUT2D eigenvalue weighted by Crippen LogP contribution is -2.34. The minimum Gasteiger partial charge on any atom is -0.235 e. The minimum atomic E-state index is -3.01. The standard InChI is InChI=1S/C8H5F5/c1-2-8(13)3-4(9)5(10)6(11)7(8)12/h2-3,7H,1H2. The van der Waals surface area contributed by atoms with Gasteiger partial charge in [-0.25, -0.2) is 22.0 Å². The van der Waals surface area contributed by atoms with E-state index in [2.05, 4.69) is 6.58 Å². The Balaban J connectivity index is 3.22. The molecule has 0 spiro atoms. The zero-order valence-electron chi connectivity index (χ0n) is 6.33. The summed E-state index contributed by atoms with van der Waals surface area (Å²) >= 11 is 0. The van der Waals surface area contributed by atoms with Crippen LogP contribution in [0, 0.1) is 0 Å². The molecular weight excluding hydrogens is 191 g/mol. The number of rotatable bonds is 1. The SMILES string of the molecule is C=CC1(F)C=C(F)C(F)=C(F)C1F. The Kier molecular flexibility index (Phi) is 2.28. The van der Waals surface area contributed by atoms with Gasteiger partial charge >= 0.3 is 0 Å². The molecule has 0 N–H and O–H groups in total. The van der Waals surface area contributed by atoms with Gasteiger partial charge in [0.05, 0.1) is 0 Å². The molecule has 0 bridgehead atoms. The smallest absolute Gasteiger partial charge is 0.195 e. The highest BCUT2D eigenvalue weighted by Gasteiger charge is 2.44. The van der Waals surface area contributed by atoms with Crippen LogP contribution in [0.5, 0.6) is 0 Å². The van der Waals surface area contributed by atoms with Crippen LogP contribution in [0.25, 0.3) is 0 Å². The summed E-state index contributed by atoms with van der Waals surface area (Å²) in [6.45, 7) is 2.86. The highest BCUT2D eigenvalue weighted by atomic mass is 19.2. The van der Waals surface area contributed by atoms with Crippen LogP contribution in [-0.2, 0) is 0 Å². The highest BCUT2D eigenvalue weighted by molar-refractivity contribution is 5.38. The van der Waals surface area contributed by atoms with Gasteiger partial charge in [0.2, 0.25) is 0 Å². The van der Waals surface area contributed by atoms with E-state index in [1.165, 1.54) is 0 Å². The van der Waals surface area contributed by atoms with Gasteiger partial charge in [-0.05, 0) is 12.2 Å². The van der Waals surface area contributed by atoms with E-state index in [4.69, 9.17) is 0 Å². The van der Waals surface area contributed by atoms with Gasteiger partial charge in [-0.3, -0.25) is 0 Å². The monoisotopic (exact) mass is 196 g/mol. The predicted octanol–water partition coefficient (Wildman–Crippen LogP) is 3.24. The largest absolute Gasteiger partial charge is 0.235 e. The summed E-state index contributed by atoms with van der Waals surface area (Å²) in [7, 11) is 0. The van der Waals surface area contributed by atoms with E-state index < -0.39 is 29.3 Å². The molecule has 0 aromatic heterocycles. The molecule has 0 aromatic carbocycles. The summed E-state index contributed by atoms with van der Waals surface area (Å²) in [6, 6.07) is 0. The number of hydrogen-bond acceptors (Lipinski definition) is 0. The van der Waals surface area contributed by atoms with Crippen molar-refractivity contribution in [3.05, 3.63) is 36.2 Å². The summed E-state index contributed by atoms with van der Waals surface area (Å²) in [4.78, 5) is 0. The molecule has 0 heterocycles. The average molecular weight is 196 g/mol. The first-order chi connectivity index (χ1) is 5.92. The van der Waals surface area contributed by atoms with Crippen LogP contribution < -0.4 is 0 Å². The third-order valence-electron chi connectivity index (χ3n) is 1.69. The zero-order valence-corrected chi connectivity index (χ0v) is 6.33. The fraction of sp³-hybridized carbons (Fsp3) is 0.250. The van der Waals surface area contributed by atoms with Gasteiger partial charge in [0, 0.05) is 0 Å². The van der Waals surface area contributed by atoms with Crippen molar-refractivity contribution >= 4 is 0 Å². The van der Waals surface area contributed by atoms with Crippen LogP contribution in [-0.4, -0.2) is 11.8 Å². The molecule has 1 aliphatic rings. The fourth-order valence-electron chi connectivity index (χ4n) is 0.913. The second-order valence-electron chi connectivity index (χ2n) is 2.55. The summed E-state index contributed by atoms with van der Waals surface area (Å²) < 4.78 is 63.0. The van der Waals surface area contributed by atoms with Gasteiger partial charge in [-0.1, -0.05) is 6.58 Å². The summed E-state index contributed by atoms with van der Waals surface area (Å²) in [5.41, 5.74) is -3.01. The van der Waals surface area contributed by atoms with Gasteiger partial charge in [-0.15, -0.1) is 0 Å². The Bertz CT molecular complexity index is 304. The maximum atomic E-state index is 13.1. The fourth-order valence-corrected chi connectivity index (χ4v) is 0.913. The number of allylic oxidation sites excluding steroid dienone is 5. The van der Waals surface area contributed by atoms with E-state index >= 15 is 0 Å². The molecular formula is C8H5F5. The van der Waals surface area contributed by atoms with E-state index in [-0.39, 0.29) is 6.08 Å². The maximum Gasteiger partial charge on any atom is 0.195 e. The van der Waals surface area contributed by atoms with Crippen molar-refractivity contribution in [3.8, 4) is 0 Å². The van der Waals surface area contributed by atoms with Crippen LogP contribution in [0.4, 0.5) is 22.0 Å². The molecule has 0 aromatic rings. The second-order valence-corrected chi connectivity index (χ2v) is 2.55. The molecule has 0 nitrogen and oxygen atoms in total. The Morgan fingerprint density at radius 3 is 2.38 bits per heavy atom. The van der Waals surface area contributed by atoms with Crippen molar-refractivity contribution in [3.63, 3.8) is 0 Å². The van der Waals surface area contributed by atoms with Crippen LogP contribution in [0.15, 0.2) is 36.2 Å². The van der Waals surface area contributed by atoms with Gasteiger partial charge in [0.1, 0.15) is 0 Å². The van der Waals surface area contributed by atoms with Crippen molar-refractivity contribution in [2.45, 2.75) is 11.8 Å².